The summed E-state index contributed by atoms with van der Waals surface area (Å²) in [6.45, 7) is 0. The zero-order valence-electron chi connectivity index (χ0n) is 9.91. The van der Waals surface area contributed by atoms with E-state index in [1.54, 1.807) is 24.3 Å². The molecule has 0 heterocycles. The Morgan fingerprint density at radius 1 is 0.778 bits per heavy atom. The zero-order valence-corrected chi connectivity index (χ0v) is 10.7. The van der Waals surface area contributed by atoms with Crippen molar-refractivity contribution in [3.05, 3.63) is 66.2 Å². The van der Waals surface area contributed by atoms with E-state index in [-0.39, 0.29) is 0 Å². The summed E-state index contributed by atoms with van der Waals surface area (Å²) < 4.78 is 24.7. The van der Waals surface area contributed by atoms with Crippen molar-refractivity contribution in [2.24, 2.45) is 0 Å². The number of hydrogen-bond acceptors (Lipinski definition) is 2. The Kier molecular flexibility index (Phi) is 2.52. The summed E-state index contributed by atoms with van der Waals surface area (Å²) in [5.74, 6) is 0. The van der Waals surface area contributed by atoms with Crippen LogP contribution >= 0.6 is 0 Å². The van der Waals surface area contributed by atoms with Crippen molar-refractivity contribution in [2.45, 2.75) is 22.5 Å². The first-order valence-corrected chi connectivity index (χ1v) is 7.50. The van der Waals surface area contributed by atoms with Gasteiger partial charge in [-0.25, -0.2) is 8.42 Å². The normalized spacial score (nSPS) is 17.3. The van der Waals surface area contributed by atoms with E-state index in [0.717, 1.165) is 5.56 Å². The van der Waals surface area contributed by atoms with Crippen LogP contribution in [0.25, 0.3) is 0 Å². The average Bonchev–Trinajstić information content (AvgIpc) is 3.23. The van der Waals surface area contributed by atoms with Crippen LogP contribution in [0.15, 0.2) is 65.6 Å². The molecule has 3 heteroatoms. The van der Waals surface area contributed by atoms with Gasteiger partial charge in [-0.3, -0.25) is 0 Å². The molecule has 0 atom stereocenters. The fourth-order valence-corrected chi connectivity index (χ4v) is 4.45. The molecule has 1 aliphatic carbocycles. The molecule has 0 saturated heterocycles. The van der Waals surface area contributed by atoms with Crippen molar-refractivity contribution in [1.82, 2.24) is 0 Å². The molecule has 2 nitrogen and oxygen atoms in total. The SMILES string of the molecule is O=S(=O)(c1ccccc1)C1(c2ccccc2)CC1. The Balaban J connectivity index is 2.11. The summed E-state index contributed by atoms with van der Waals surface area (Å²) in [6, 6.07) is 18.3. The van der Waals surface area contributed by atoms with Gasteiger partial charge >= 0.3 is 0 Å². The minimum absolute atomic E-state index is 0.423. The van der Waals surface area contributed by atoms with Gasteiger partial charge in [-0.1, -0.05) is 48.5 Å². The molecule has 2 aromatic carbocycles. The Bertz CT molecular complexity index is 641. The fraction of sp³-hybridized carbons (Fsp3) is 0.200. The number of rotatable bonds is 3. The molecule has 0 aliphatic heterocycles. The molecule has 0 spiro atoms. The summed E-state index contributed by atoms with van der Waals surface area (Å²) in [5.41, 5.74) is 0.911. The second kappa shape index (κ2) is 3.95. The lowest BCUT2D eigenvalue weighted by Gasteiger charge is -2.16. The second-order valence-corrected chi connectivity index (χ2v) is 6.94. The van der Waals surface area contributed by atoms with E-state index >= 15 is 0 Å². The third kappa shape index (κ3) is 1.58. The molecule has 1 aliphatic rings. The quantitative estimate of drug-likeness (QED) is 0.847. The Labute approximate surface area is 107 Å². The van der Waals surface area contributed by atoms with Gasteiger partial charge in [0.2, 0.25) is 0 Å². The van der Waals surface area contributed by atoms with E-state index < -0.39 is 14.6 Å². The Morgan fingerprint density at radius 2 is 1.28 bits per heavy atom. The highest BCUT2D eigenvalue weighted by molar-refractivity contribution is 7.92. The zero-order chi connectivity index (χ0) is 12.6. The third-order valence-corrected chi connectivity index (χ3v) is 6.14. The van der Waals surface area contributed by atoms with E-state index in [4.69, 9.17) is 0 Å². The van der Waals surface area contributed by atoms with E-state index in [2.05, 4.69) is 0 Å². The highest BCUT2D eigenvalue weighted by Crippen LogP contribution is 2.54. The largest absolute Gasteiger partial charge is 0.223 e. The van der Waals surface area contributed by atoms with Gasteiger partial charge in [-0.15, -0.1) is 0 Å². The molecular weight excluding hydrogens is 244 g/mol. The van der Waals surface area contributed by atoms with Crippen molar-refractivity contribution in [3.8, 4) is 0 Å². The minimum atomic E-state index is -3.28. The molecule has 0 radical (unpaired) electrons. The monoisotopic (exact) mass is 258 g/mol. The summed E-state index contributed by atoms with van der Waals surface area (Å²) in [4.78, 5) is 0.423. The molecule has 0 unspecified atom stereocenters. The van der Waals surface area contributed by atoms with Crippen LogP contribution in [0.5, 0.6) is 0 Å². The lowest BCUT2D eigenvalue weighted by atomic mass is 10.1. The highest BCUT2D eigenvalue weighted by atomic mass is 32.2. The maximum atomic E-state index is 12.7. The van der Waals surface area contributed by atoms with Gasteiger partial charge < -0.3 is 0 Å². The molecule has 2 aromatic rings. The van der Waals surface area contributed by atoms with E-state index in [0.29, 0.717) is 17.7 Å². The Hall–Kier alpha value is -1.61. The van der Waals surface area contributed by atoms with E-state index in [1.807, 2.05) is 36.4 Å². The first-order valence-electron chi connectivity index (χ1n) is 6.02. The highest BCUT2D eigenvalue weighted by Gasteiger charge is 2.56. The number of hydrogen-bond donors (Lipinski definition) is 0. The van der Waals surface area contributed by atoms with E-state index in [1.165, 1.54) is 0 Å². The van der Waals surface area contributed by atoms with Gasteiger partial charge in [0.1, 0.15) is 4.75 Å². The van der Waals surface area contributed by atoms with Gasteiger partial charge in [0.05, 0.1) is 4.90 Å². The van der Waals surface area contributed by atoms with Gasteiger partial charge in [-0.2, -0.15) is 0 Å². The van der Waals surface area contributed by atoms with Crippen molar-refractivity contribution in [1.29, 1.82) is 0 Å². The van der Waals surface area contributed by atoms with Crippen LogP contribution in [0, 0.1) is 0 Å². The molecule has 0 amide bonds. The molecule has 1 saturated carbocycles. The van der Waals surface area contributed by atoms with Gasteiger partial charge in [0.25, 0.3) is 0 Å². The molecule has 92 valence electrons. The van der Waals surface area contributed by atoms with Crippen LogP contribution in [0.3, 0.4) is 0 Å². The first-order chi connectivity index (χ1) is 8.67. The summed E-state index contributed by atoms with van der Waals surface area (Å²) in [7, 11) is -3.28. The van der Waals surface area contributed by atoms with Crippen molar-refractivity contribution in [3.63, 3.8) is 0 Å². The van der Waals surface area contributed by atoms with Gasteiger partial charge in [0.15, 0.2) is 9.84 Å². The molecule has 1 fully saturated rings. The third-order valence-electron chi connectivity index (χ3n) is 3.57. The number of benzene rings is 2. The van der Waals surface area contributed by atoms with Crippen molar-refractivity contribution < 1.29 is 8.42 Å². The molecule has 3 rings (SSSR count). The Morgan fingerprint density at radius 3 is 1.78 bits per heavy atom. The summed E-state index contributed by atoms with van der Waals surface area (Å²) in [6.07, 6.45) is 1.43. The fourth-order valence-electron chi connectivity index (χ4n) is 2.39. The van der Waals surface area contributed by atoms with Crippen LogP contribution in [0.4, 0.5) is 0 Å². The second-order valence-electron chi connectivity index (χ2n) is 4.68. The topological polar surface area (TPSA) is 34.1 Å². The van der Waals surface area contributed by atoms with Crippen LogP contribution in [-0.4, -0.2) is 8.42 Å². The number of sulfone groups is 1. The van der Waals surface area contributed by atoms with Crippen LogP contribution in [-0.2, 0) is 14.6 Å². The molecule has 18 heavy (non-hydrogen) atoms. The van der Waals surface area contributed by atoms with Crippen LogP contribution in [0.2, 0.25) is 0 Å². The summed E-state index contributed by atoms with van der Waals surface area (Å²) in [5, 5.41) is 0. The predicted octanol–water partition coefficient (Wildman–Crippen LogP) is 3.15. The molecule has 0 N–H and O–H groups in total. The summed E-state index contributed by atoms with van der Waals surface area (Å²) >= 11 is 0. The van der Waals surface area contributed by atoms with Gasteiger partial charge in [-0.05, 0) is 30.5 Å². The van der Waals surface area contributed by atoms with E-state index in [9.17, 15) is 8.42 Å². The van der Waals surface area contributed by atoms with Crippen molar-refractivity contribution >= 4 is 9.84 Å². The molecule has 0 bridgehead atoms. The maximum Gasteiger partial charge on any atom is 0.188 e. The molecule has 0 aromatic heterocycles. The minimum Gasteiger partial charge on any atom is -0.223 e. The lowest BCUT2D eigenvalue weighted by molar-refractivity contribution is 0.580. The standard InChI is InChI=1S/C15H14O2S/c16-18(17,14-9-5-2-6-10-14)15(11-12-15)13-7-3-1-4-8-13/h1-10H,11-12H2. The molecular formula is C15H14O2S. The smallest absolute Gasteiger partial charge is 0.188 e. The van der Waals surface area contributed by atoms with Crippen molar-refractivity contribution in [2.75, 3.05) is 0 Å². The van der Waals surface area contributed by atoms with Crippen LogP contribution in [0.1, 0.15) is 18.4 Å². The van der Waals surface area contributed by atoms with Gasteiger partial charge in [0, 0.05) is 0 Å². The first kappa shape index (κ1) is 11.5. The average molecular weight is 258 g/mol. The van der Waals surface area contributed by atoms with Crippen LogP contribution < -0.4 is 0 Å². The lowest BCUT2D eigenvalue weighted by Crippen LogP contribution is -2.21. The predicted molar refractivity (Wildman–Crippen MR) is 71.0 cm³/mol. The maximum absolute atomic E-state index is 12.7.